The van der Waals surface area contributed by atoms with E-state index in [1.807, 2.05) is 18.2 Å². The molecule has 1 fully saturated rings. The Balaban J connectivity index is 0.00000225. The van der Waals surface area contributed by atoms with Crippen molar-refractivity contribution in [3.8, 4) is 22.8 Å². The number of likely N-dealkylation sites (tertiary alicyclic amines) is 1. The van der Waals surface area contributed by atoms with E-state index in [1.54, 1.807) is 25.6 Å². The SMILES string of the molecule is Br.COc1ccc(-c2nc(NC3CCN(C)CC3)sc2C)cc1OC. The molecule has 0 bridgehead atoms. The van der Waals surface area contributed by atoms with E-state index in [0.717, 1.165) is 41.0 Å². The van der Waals surface area contributed by atoms with Crippen molar-refractivity contribution in [2.24, 2.45) is 0 Å². The highest BCUT2D eigenvalue weighted by Crippen LogP contribution is 2.36. The summed E-state index contributed by atoms with van der Waals surface area (Å²) in [6.07, 6.45) is 2.33. The molecule has 2 aromatic rings. The maximum absolute atomic E-state index is 5.41. The molecule has 1 N–H and O–H groups in total. The van der Waals surface area contributed by atoms with Gasteiger partial charge in [-0.2, -0.15) is 0 Å². The van der Waals surface area contributed by atoms with E-state index in [4.69, 9.17) is 14.5 Å². The molecule has 1 saturated heterocycles. The number of hydrogen-bond acceptors (Lipinski definition) is 6. The summed E-state index contributed by atoms with van der Waals surface area (Å²) in [7, 11) is 5.48. The van der Waals surface area contributed by atoms with E-state index in [1.165, 1.54) is 17.7 Å². The maximum Gasteiger partial charge on any atom is 0.183 e. The highest BCUT2D eigenvalue weighted by Gasteiger charge is 2.19. The second-order valence-corrected chi connectivity index (χ2v) is 7.42. The zero-order chi connectivity index (χ0) is 17.1. The smallest absolute Gasteiger partial charge is 0.183 e. The third-order valence-corrected chi connectivity index (χ3v) is 5.40. The molecular formula is C18H26BrN3O2S. The van der Waals surface area contributed by atoms with Crippen LogP contribution in [-0.4, -0.2) is 50.3 Å². The summed E-state index contributed by atoms with van der Waals surface area (Å²) in [6.45, 7) is 4.40. The molecule has 0 amide bonds. The number of hydrogen-bond donors (Lipinski definition) is 1. The largest absolute Gasteiger partial charge is 0.493 e. The minimum atomic E-state index is 0. The fraction of sp³-hybridized carbons (Fsp3) is 0.500. The maximum atomic E-state index is 5.41. The van der Waals surface area contributed by atoms with Gasteiger partial charge in [0, 0.05) is 16.5 Å². The molecule has 7 heteroatoms. The molecule has 0 aliphatic carbocycles. The van der Waals surface area contributed by atoms with Crippen LogP contribution >= 0.6 is 28.3 Å². The predicted octanol–water partition coefficient (Wildman–Crippen LogP) is 4.22. The van der Waals surface area contributed by atoms with E-state index < -0.39 is 0 Å². The van der Waals surface area contributed by atoms with E-state index in [9.17, 15) is 0 Å². The van der Waals surface area contributed by atoms with Crippen LogP contribution < -0.4 is 14.8 Å². The minimum absolute atomic E-state index is 0. The Morgan fingerprint density at radius 2 is 1.84 bits per heavy atom. The second-order valence-electron chi connectivity index (χ2n) is 6.22. The van der Waals surface area contributed by atoms with Gasteiger partial charge in [0.15, 0.2) is 16.6 Å². The average molecular weight is 428 g/mol. The van der Waals surface area contributed by atoms with E-state index in [-0.39, 0.29) is 17.0 Å². The van der Waals surface area contributed by atoms with E-state index in [2.05, 4.69) is 24.2 Å². The number of anilines is 1. The van der Waals surface area contributed by atoms with Crippen LogP contribution in [0.5, 0.6) is 11.5 Å². The average Bonchev–Trinajstić information content (AvgIpc) is 2.96. The monoisotopic (exact) mass is 427 g/mol. The molecule has 0 saturated carbocycles. The third kappa shape index (κ3) is 4.65. The van der Waals surface area contributed by atoms with Gasteiger partial charge in [0.1, 0.15) is 0 Å². The summed E-state index contributed by atoms with van der Waals surface area (Å²) in [5.74, 6) is 1.46. The summed E-state index contributed by atoms with van der Waals surface area (Å²) in [6, 6.07) is 6.46. The zero-order valence-corrected chi connectivity index (χ0v) is 17.7. The number of nitrogens with zero attached hydrogens (tertiary/aromatic N) is 2. The summed E-state index contributed by atoms with van der Waals surface area (Å²) < 4.78 is 10.7. The van der Waals surface area contributed by atoms with Crippen LogP contribution in [0.25, 0.3) is 11.3 Å². The summed E-state index contributed by atoms with van der Waals surface area (Å²) >= 11 is 1.72. The number of aryl methyl sites for hydroxylation is 1. The number of halogens is 1. The van der Waals surface area contributed by atoms with Gasteiger partial charge in [0.05, 0.1) is 19.9 Å². The first-order valence-electron chi connectivity index (χ1n) is 8.25. The molecule has 1 aromatic carbocycles. The van der Waals surface area contributed by atoms with Crippen molar-refractivity contribution in [3.63, 3.8) is 0 Å². The first kappa shape index (κ1) is 20.0. The molecule has 2 heterocycles. The number of benzene rings is 1. The Morgan fingerprint density at radius 1 is 1.16 bits per heavy atom. The standard InChI is InChI=1S/C18H25N3O2S.BrH/c1-12-17(13-5-6-15(22-3)16(11-13)23-4)20-18(24-12)19-14-7-9-21(2)10-8-14;/h5-6,11,14H,7-10H2,1-4H3,(H,19,20);1H. The number of aromatic nitrogens is 1. The zero-order valence-electron chi connectivity index (χ0n) is 15.2. The van der Waals surface area contributed by atoms with Gasteiger partial charge in [-0.25, -0.2) is 4.98 Å². The Bertz CT molecular complexity index is 700. The summed E-state index contributed by atoms with van der Waals surface area (Å²) in [5.41, 5.74) is 2.06. The molecule has 25 heavy (non-hydrogen) atoms. The lowest BCUT2D eigenvalue weighted by Crippen LogP contribution is -2.36. The predicted molar refractivity (Wildman–Crippen MR) is 110 cm³/mol. The highest BCUT2D eigenvalue weighted by atomic mass is 79.9. The fourth-order valence-corrected chi connectivity index (χ4v) is 3.95. The van der Waals surface area contributed by atoms with Crippen molar-refractivity contribution in [2.75, 3.05) is 39.7 Å². The molecule has 1 aliphatic rings. The van der Waals surface area contributed by atoms with Crippen molar-refractivity contribution in [1.29, 1.82) is 0 Å². The minimum Gasteiger partial charge on any atom is -0.493 e. The van der Waals surface area contributed by atoms with Gasteiger partial charge < -0.3 is 19.7 Å². The van der Waals surface area contributed by atoms with Gasteiger partial charge in [-0.3, -0.25) is 0 Å². The van der Waals surface area contributed by atoms with Crippen molar-refractivity contribution in [2.45, 2.75) is 25.8 Å². The number of nitrogens with one attached hydrogen (secondary N) is 1. The number of thiazole rings is 1. The summed E-state index contributed by atoms with van der Waals surface area (Å²) in [5, 5.41) is 4.61. The van der Waals surface area contributed by atoms with Crippen molar-refractivity contribution in [3.05, 3.63) is 23.1 Å². The van der Waals surface area contributed by atoms with Crippen molar-refractivity contribution >= 4 is 33.4 Å². The Labute approximate surface area is 164 Å². The molecule has 0 radical (unpaired) electrons. The third-order valence-electron chi connectivity index (χ3n) is 4.50. The van der Waals surface area contributed by atoms with Crippen LogP contribution in [0.1, 0.15) is 17.7 Å². The Morgan fingerprint density at radius 3 is 2.48 bits per heavy atom. The lowest BCUT2D eigenvalue weighted by molar-refractivity contribution is 0.264. The molecule has 5 nitrogen and oxygen atoms in total. The first-order valence-corrected chi connectivity index (χ1v) is 9.07. The highest BCUT2D eigenvalue weighted by molar-refractivity contribution is 8.93. The van der Waals surface area contributed by atoms with Crippen LogP contribution in [0.4, 0.5) is 5.13 Å². The van der Waals surface area contributed by atoms with Crippen molar-refractivity contribution < 1.29 is 9.47 Å². The molecule has 0 spiro atoms. The van der Waals surface area contributed by atoms with Crippen LogP contribution in [0.2, 0.25) is 0 Å². The van der Waals surface area contributed by atoms with Gasteiger partial charge in [-0.15, -0.1) is 28.3 Å². The Kier molecular flexibility index (Phi) is 7.10. The molecule has 0 unspecified atom stereocenters. The second kappa shape index (κ2) is 8.87. The number of piperidine rings is 1. The van der Waals surface area contributed by atoms with Crippen LogP contribution in [0.15, 0.2) is 18.2 Å². The quantitative estimate of drug-likeness (QED) is 0.773. The van der Waals surface area contributed by atoms with Crippen LogP contribution in [0.3, 0.4) is 0 Å². The summed E-state index contributed by atoms with van der Waals surface area (Å²) in [4.78, 5) is 8.40. The molecule has 138 valence electrons. The number of methoxy groups -OCH3 is 2. The Hall–Kier alpha value is -1.31. The molecule has 1 aliphatic heterocycles. The van der Waals surface area contributed by atoms with Crippen LogP contribution in [0, 0.1) is 6.92 Å². The first-order chi connectivity index (χ1) is 11.6. The van der Waals surface area contributed by atoms with Crippen LogP contribution in [-0.2, 0) is 0 Å². The van der Waals surface area contributed by atoms with Gasteiger partial charge in [-0.05, 0) is 58.1 Å². The molecular weight excluding hydrogens is 402 g/mol. The van der Waals surface area contributed by atoms with Crippen molar-refractivity contribution in [1.82, 2.24) is 9.88 Å². The van der Waals surface area contributed by atoms with E-state index in [0.29, 0.717) is 6.04 Å². The lowest BCUT2D eigenvalue weighted by atomic mass is 10.1. The fourth-order valence-electron chi connectivity index (χ4n) is 3.04. The van der Waals surface area contributed by atoms with E-state index >= 15 is 0 Å². The van der Waals surface area contributed by atoms with Gasteiger partial charge in [0.25, 0.3) is 0 Å². The number of rotatable bonds is 5. The van der Waals surface area contributed by atoms with Gasteiger partial charge >= 0.3 is 0 Å². The van der Waals surface area contributed by atoms with Gasteiger partial charge in [-0.1, -0.05) is 0 Å². The molecule has 0 atom stereocenters. The topological polar surface area (TPSA) is 46.6 Å². The van der Waals surface area contributed by atoms with Gasteiger partial charge in [0.2, 0.25) is 0 Å². The number of ether oxygens (including phenoxy) is 2. The molecule has 1 aromatic heterocycles. The normalized spacial score (nSPS) is 15.5. The molecule has 3 rings (SSSR count). The lowest BCUT2D eigenvalue weighted by Gasteiger charge is -2.29.